The van der Waals surface area contributed by atoms with Crippen molar-refractivity contribution < 1.29 is 9.47 Å². The Balaban J connectivity index is 2.06. The van der Waals surface area contributed by atoms with Gasteiger partial charge < -0.3 is 14.8 Å². The van der Waals surface area contributed by atoms with Crippen LogP contribution in [0.15, 0.2) is 24.3 Å². The van der Waals surface area contributed by atoms with Crippen molar-refractivity contribution in [3.05, 3.63) is 24.3 Å². The average molecular weight is 316 g/mol. The second kappa shape index (κ2) is 9.22. The van der Waals surface area contributed by atoms with Gasteiger partial charge in [-0.25, -0.2) is 0 Å². The summed E-state index contributed by atoms with van der Waals surface area (Å²) in [7, 11) is 1.66. The van der Waals surface area contributed by atoms with Crippen LogP contribution < -0.4 is 14.8 Å². The van der Waals surface area contributed by atoms with Gasteiger partial charge in [-0.2, -0.15) is 0 Å². The van der Waals surface area contributed by atoms with Gasteiger partial charge in [-0.3, -0.25) is 0 Å². The zero-order valence-corrected chi connectivity index (χ0v) is 12.7. The Hall–Kier alpha value is -0.740. The highest BCUT2D eigenvalue weighted by molar-refractivity contribution is 9.09. The van der Waals surface area contributed by atoms with Crippen molar-refractivity contribution in [3.8, 4) is 11.5 Å². The second-order valence-corrected chi connectivity index (χ2v) is 5.36. The van der Waals surface area contributed by atoms with Gasteiger partial charge in [0.15, 0.2) is 0 Å². The SMILES string of the molecule is CCC(Br)CCNCCOc1ccc(OC)cc1. The van der Waals surface area contributed by atoms with Gasteiger partial charge in [0.1, 0.15) is 18.1 Å². The molecule has 0 heterocycles. The number of ether oxygens (including phenoxy) is 2. The smallest absolute Gasteiger partial charge is 0.119 e. The Morgan fingerprint density at radius 2 is 1.83 bits per heavy atom. The highest BCUT2D eigenvalue weighted by Crippen LogP contribution is 2.16. The van der Waals surface area contributed by atoms with Crippen LogP contribution >= 0.6 is 15.9 Å². The highest BCUT2D eigenvalue weighted by atomic mass is 79.9. The number of benzene rings is 1. The Bertz CT molecular complexity index is 316. The van der Waals surface area contributed by atoms with Gasteiger partial charge in [-0.15, -0.1) is 0 Å². The first-order valence-corrected chi connectivity index (χ1v) is 7.29. The fourth-order valence-corrected chi connectivity index (χ4v) is 1.73. The van der Waals surface area contributed by atoms with Gasteiger partial charge in [0, 0.05) is 11.4 Å². The lowest BCUT2D eigenvalue weighted by molar-refractivity contribution is 0.313. The third kappa shape index (κ3) is 6.26. The molecule has 0 aliphatic rings. The topological polar surface area (TPSA) is 30.5 Å². The van der Waals surface area contributed by atoms with Gasteiger partial charge in [-0.1, -0.05) is 22.9 Å². The van der Waals surface area contributed by atoms with E-state index in [1.54, 1.807) is 7.11 Å². The predicted molar refractivity (Wildman–Crippen MR) is 79.0 cm³/mol. The molecule has 0 aliphatic carbocycles. The highest BCUT2D eigenvalue weighted by Gasteiger charge is 1.99. The number of hydrogen-bond acceptors (Lipinski definition) is 3. The molecule has 0 saturated heterocycles. The molecule has 1 N–H and O–H groups in total. The standard InChI is InChI=1S/C14H22BrNO2/c1-3-12(15)8-9-16-10-11-18-14-6-4-13(17-2)5-7-14/h4-7,12,16H,3,8-11H2,1-2H3. The van der Waals surface area contributed by atoms with Crippen molar-refractivity contribution in [2.45, 2.75) is 24.6 Å². The predicted octanol–water partition coefficient (Wildman–Crippen LogP) is 3.23. The third-order valence-corrected chi connectivity index (χ3v) is 3.79. The summed E-state index contributed by atoms with van der Waals surface area (Å²) in [4.78, 5) is 0.618. The summed E-state index contributed by atoms with van der Waals surface area (Å²) in [6, 6.07) is 7.65. The van der Waals surface area contributed by atoms with Crippen molar-refractivity contribution >= 4 is 15.9 Å². The quantitative estimate of drug-likeness (QED) is 0.560. The molecule has 0 radical (unpaired) electrons. The van der Waals surface area contributed by atoms with E-state index in [9.17, 15) is 0 Å². The fraction of sp³-hybridized carbons (Fsp3) is 0.571. The van der Waals surface area contributed by atoms with E-state index in [0.717, 1.165) is 31.0 Å². The lowest BCUT2D eigenvalue weighted by Gasteiger charge is -2.09. The Labute approximate surface area is 118 Å². The molecular formula is C14H22BrNO2. The van der Waals surface area contributed by atoms with Crippen molar-refractivity contribution in [1.82, 2.24) is 5.32 Å². The van der Waals surface area contributed by atoms with E-state index >= 15 is 0 Å². The minimum Gasteiger partial charge on any atom is -0.497 e. The third-order valence-electron chi connectivity index (χ3n) is 2.68. The molecule has 0 spiro atoms. The molecule has 1 atom stereocenters. The molecular weight excluding hydrogens is 294 g/mol. The number of methoxy groups -OCH3 is 1. The van der Waals surface area contributed by atoms with Crippen LogP contribution in [0.2, 0.25) is 0 Å². The molecule has 0 aliphatic heterocycles. The minimum absolute atomic E-state index is 0.618. The summed E-state index contributed by atoms with van der Waals surface area (Å²) in [6.07, 6.45) is 2.32. The van der Waals surface area contributed by atoms with Crippen LogP contribution in [-0.2, 0) is 0 Å². The van der Waals surface area contributed by atoms with Gasteiger partial charge >= 0.3 is 0 Å². The van der Waals surface area contributed by atoms with E-state index in [-0.39, 0.29) is 0 Å². The number of nitrogens with one attached hydrogen (secondary N) is 1. The van der Waals surface area contributed by atoms with E-state index in [1.165, 1.54) is 6.42 Å². The summed E-state index contributed by atoms with van der Waals surface area (Å²) in [5.74, 6) is 1.73. The molecule has 0 fully saturated rings. The van der Waals surface area contributed by atoms with Gasteiger partial charge in [0.2, 0.25) is 0 Å². The van der Waals surface area contributed by atoms with Crippen molar-refractivity contribution in [2.75, 3.05) is 26.8 Å². The van der Waals surface area contributed by atoms with Crippen LogP contribution in [0.25, 0.3) is 0 Å². The molecule has 0 saturated carbocycles. The molecule has 4 heteroatoms. The molecule has 1 aromatic carbocycles. The molecule has 0 bridgehead atoms. The molecule has 0 amide bonds. The van der Waals surface area contributed by atoms with Crippen molar-refractivity contribution in [2.24, 2.45) is 0 Å². The van der Waals surface area contributed by atoms with Gasteiger partial charge in [0.05, 0.1) is 7.11 Å². The van der Waals surface area contributed by atoms with E-state index in [0.29, 0.717) is 11.4 Å². The number of alkyl halides is 1. The molecule has 18 heavy (non-hydrogen) atoms. The molecule has 0 aromatic heterocycles. The van der Waals surface area contributed by atoms with Crippen LogP contribution in [0.3, 0.4) is 0 Å². The van der Waals surface area contributed by atoms with Crippen LogP contribution in [0.4, 0.5) is 0 Å². The Kier molecular flexibility index (Phi) is 7.85. The first-order chi connectivity index (χ1) is 8.76. The molecule has 102 valence electrons. The summed E-state index contributed by atoms with van der Waals surface area (Å²) >= 11 is 3.61. The van der Waals surface area contributed by atoms with Gasteiger partial charge in [-0.05, 0) is 43.7 Å². The van der Waals surface area contributed by atoms with E-state index in [2.05, 4.69) is 28.2 Å². The average Bonchev–Trinajstić information content (AvgIpc) is 2.43. The van der Waals surface area contributed by atoms with Crippen LogP contribution in [0, 0.1) is 0 Å². The van der Waals surface area contributed by atoms with Crippen LogP contribution in [-0.4, -0.2) is 31.6 Å². The summed E-state index contributed by atoms with van der Waals surface area (Å²) in [6.45, 7) is 4.77. The fourth-order valence-electron chi connectivity index (χ4n) is 1.50. The zero-order valence-electron chi connectivity index (χ0n) is 11.1. The Morgan fingerprint density at radius 1 is 1.17 bits per heavy atom. The molecule has 1 rings (SSSR count). The summed E-state index contributed by atoms with van der Waals surface area (Å²) in [5, 5.41) is 3.36. The number of hydrogen-bond donors (Lipinski definition) is 1. The summed E-state index contributed by atoms with van der Waals surface area (Å²) < 4.78 is 10.7. The normalized spacial score (nSPS) is 12.2. The number of halogens is 1. The van der Waals surface area contributed by atoms with Crippen molar-refractivity contribution in [1.29, 1.82) is 0 Å². The monoisotopic (exact) mass is 315 g/mol. The van der Waals surface area contributed by atoms with Gasteiger partial charge in [0.25, 0.3) is 0 Å². The maximum absolute atomic E-state index is 5.61. The molecule has 1 aromatic rings. The van der Waals surface area contributed by atoms with Crippen LogP contribution in [0.5, 0.6) is 11.5 Å². The van der Waals surface area contributed by atoms with E-state index in [1.807, 2.05) is 24.3 Å². The largest absolute Gasteiger partial charge is 0.497 e. The maximum Gasteiger partial charge on any atom is 0.119 e. The first kappa shape index (κ1) is 15.3. The Morgan fingerprint density at radius 3 is 2.44 bits per heavy atom. The van der Waals surface area contributed by atoms with E-state index < -0.39 is 0 Å². The lowest BCUT2D eigenvalue weighted by atomic mass is 10.2. The lowest BCUT2D eigenvalue weighted by Crippen LogP contribution is -2.23. The zero-order chi connectivity index (χ0) is 13.2. The maximum atomic E-state index is 5.61. The summed E-state index contributed by atoms with van der Waals surface area (Å²) in [5.41, 5.74) is 0. The first-order valence-electron chi connectivity index (χ1n) is 6.38. The number of rotatable bonds is 9. The molecule has 1 unspecified atom stereocenters. The minimum atomic E-state index is 0.618. The second-order valence-electron chi connectivity index (χ2n) is 4.07. The molecule has 3 nitrogen and oxygen atoms in total. The van der Waals surface area contributed by atoms with Crippen LogP contribution in [0.1, 0.15) is 19.8 Å². The van der Waals surface area contributed by atoms with Crippen molar-refractivity contribution in [3.63, 3.8) is 0 Å². The van der Waals surface area contributed by atoms with E-state index in [4.69, 9.17) is 9.47 Å².